The number of para-hydroxylation sites is 1. The number of alkyl halides is 2. The van der Waals surface area contributed by atoms with Crippen LogP contribution in [0.4, 0.5) is 10.2 Å². The maximum atomic E-state index is 14.3. The van der Waals surface area contributed by atoms with E-state index in [1.54, 1.807) is 44.2 Å². The van der Waals surface area contributed by atoms with Gasteiger partial charge in [0.15, 0.2) is 6.23 Å². The van der Waals surface area contributed by atoms with Crippen molar-refractivity contribution in [2.75, 3.05) is 18.6 Å². The smallest absolute Gasteiger partial charge is 0.380 e. The predicted molar refractivity (Wildman–Crippen MR) is 142 cm³/mol. The summed E-state index contributed by atoms with van der Waals surface area (Å²) in [5, 5.41) is 11.1. The van der Waals surface area contributed by atoms with E-state index in [0.717, 1.165) is 4.57 Å². The Hall–Kier alpha value is -2.50. The fraction of sp³-hybridized carbons (Fsp3) is 0.560. The molecule has 11 nitrogen and oxygen atoms in total. The molecule has 1 aromatic carbocycles. The lowest BCUT2D eigenvalue weighted by molar-refractivity contribution is -0.151. The van der Waals surface area contributed by atoms with E-state index < -0.39 is 66.9 Å². The molecule has 216 valence electrons. The number of aliphatic hydroxyl groups excluding tert-OH is 1. The summed E-state index contributed by atoms with van der Waals surface area (Å²) < 4.78 is 52.4. The van der Waals surface area contributed by atoms with Gasteiger partial charge < -0.3 is 24.8 Å². The molecule has 2 heterocycles. The Kier molecular flexibility index (Phi) is 9.50. The summed E-state index contributed by atoms with van der Waals surface area (Å²) in [6.45, 7) is 6.49. The summed E-state index contributed by atoms with van der Waals surface area (Å²) >= 11 is 6.51. The minimum absolute atomic E-state index is 0.0699. The van der Waals surface area contributed by atoms with E-state index >= 15 is 0 Å². The molecular formula is C25H34ClFN3O8P. The number of aliphatic hydroxyl groups is 1. The zero-order chi connectivity index (χ0) is 29.2. The molecule has 3 N–H and O–H groups in total. The number of ether oxygens (including phenoxy) is 2. The first-order chi connectivity index (χ1) is 18.1. The molecule has 0 saturated carbocycles. The molecular weight excluding hydrogens is 556 g/mol. The fourth-order valence-electron chi connectivity index (χ4n) is 4.22. The van der Waals surface area contributed by atoms with Crippen LogP contribution in [0, 0.1) is 5.92 Å². The standard InChI is InChI=1S/C25H34ClFN3O8P/c1-15(2)35-21(32)16(3)13-39(34,37-17-9-7-6-8-10-17)38-24(4,5)20-19(31)25(26,14-27)22(36-20)30-12-11-18(28)29-23(30)33/h6-12,15-16,19-20,22,31H,13-14H2,1-5H3,(H2,28,29,33)/t16-,19+,20+,22-,25?,39-/m1/s1. The van der Waals surface area contributed by atoms with Crippen molar-refractivity contribution in [2.24, 2.45) is 5.92 Å². The number of aromatic nitrogens is 2. The van der Waals surface area contributed by atoms with Crippen molar-refractivity contribution < 1.29 is 37.4 Å². The molecule has 1 fully saturated rings. The highest BCUT2D eigenvalue weighted by molar-refractivity contribution is 7.54. The van der Waals surface area contributed by atoms with Gasteiger partial charge in [-0.3, -0.25) is 13.9 Å². The number of esters is 1. The van der Waals surface area contributed by atoms with Crippen LogP contribution in [0.25, 0.3) is 0 Å². The third-order valence-corrected chi connectivity index (χ3v) is 8.82. The summed E-state index contributed by atoms with van der Waals surface area (Å²) in [4.78, 5) is 26.5. The first-order valence-corrected chi connectivity index (χ1v) is 14.4. The van der Waals surface area contributed by atoms with Gasteiger partial charge in [0.05, 0.1) is 18.2 Å². The molecule has 39 heavy (non-hydrogen) atoms. The van der Waals surface area contributed by atoms with Gasteiger partial charge >= 0.3 is 19.3 Å². The third kappa shape index (κ3) is 6.99. The molecule has 0 spiro atoms. The number of anilines is 1. The lowest BCUT2D eigenvalue weighted by Gasteiger charge is -2.36. The number of carbonyl (C=O) groups excluding carboxylic acids is 1. The molecule has 0 amide bonds. The van der Waals surface area contributed by atoms with Gasteiger partial charge in [-0.2, -0.15) is 4.98 Å². The van der Waals surface area contributed by atoms with E-state index in [4.69, 9.17) is 35.9 Å². The second-order valence-corrected chi connectivity index (χ2v) is 12.9. The van der Waals surface area contributed by atoms with E-state index in [1.165, 1.54) is 33.0 Å². The minimum Gasteiger partial charge on any atom is -0.463 e. The van der Waals surface area contributed by atoms with Crippen LogP contribution in [0.1, 0.15) is 40.8 Å². The number of hydrogen-bond donors (Lipinski definition) is 2. The Morgan fingerprint density at radius 1 is 1.31 bits per heavy atom. The fourth-order valence-corrected chi connectivity index (χ4v) is 6.76. The topological polar surface area (TPSA) is 152 Å². The number of hydrogen-bond acceptors (Lipinski definition) is 10. The number of halogens is 2. The van der Waals surface area contributed by atoms with Crippen molar-refractivity contribution in [3.05, 3.63) is 53.1 Å². The van der Waals surface area contributed by atoms with Crippen LogP contribution in [-0.4, -0.2) is 62.3 Å². The van der Waals surface area contributed by atoms with E-state index in [1.807, 2.05) is 0 Å². The van der Waals surface area contributed by atoms with Crippen LogP contribution in [0.2, 0.25) is 0 Å². The Balaban J connectivity index is 1.95. The SMILES string of the molecule is CC(C)OC(=O)[C@H](C)C[P@@](=O)(Oc1ccccc1)OC(C)(C)[C@H]1O[C@@H](n2ccc(N)nc2=O)C(Cl)(CF)[C@H]1O. The first-order valence-electron chi connectivity index (χ1n) is 12.3. The van der Waals surface area contributed by atoms with Gasteiger partial charge in [0.2, 0.25) is 0 Å². The van der Waals surface area contributed by atoms with Gasteiger partial charge in [-0.25, -0.2) is 13.8 Å². The summed E-state index contributed by atoms with van der Waals surface area (Å²) in [5.74, 6) is -1.36. The van der Waals surface area contributed by atoms with Crippen LogP contribution in [0.15, 0.2) is 47.4 Å². The number of nitrogens with two attached hydrogens (primary N) is 1. The molecule has 2 aromatic rings. The largest absolute Gasteiger partial charge is 0.463 e. The predicted octanol–water partition coefficient (Wildman–Crippen LogP) is 3.69. The Labute approximate surface area is 230 Å². The minimum atomic E-state index is -4.18. The monoisotopic (exact) mass is 589 g/mol. The van der Waals surface area contributed by atoms with Crippen molar-refractivity contribution in [2.45, 2.75) is 69.6 Å². The zero-order valence-electron chi connectivity index (χ0n) is 22.3. The Morgan fingerprint density at radius 3 is 2.51 bits per heavy atom. The summed E-state index contributed by atoms with van der Waals surface area (Å²) in [7, 11) is -4.18. The molecule has 0 aliphatic carbocycles. The van der Waals surface area contributed by atoms with Gasteiger partial charge in [-0.1, -0.05) is 25.1 Å². The quantitative estimate of drug-likeness (QED) is 0.225. The molecule has 3 rings (SSSR count). The number of benzene rings is 1. The van der Waals surface area contributed by atoms with Crippen LogP contribution in [-0.2, 0) is 23.4 Å². The highest BCUT2D eigenvalue weighted by Crippen LogP contribution is 2.56. The number of rotatable bonds is 11. The average Bonchev–Trinajstić information content (AvgIpc) is 3.10. The van der Waals surface area contributed by atoms with E-state index in [-0.39, 0.29) is 17.7 Å². The van der Waals surface area contributed by atoms with Crippen molar-refractivity contribution >= 4 is 31.0 Å². The van der Waals surface area contributed by atoms with Gasteiger partial charge in [0, 0.05) is 6.20 Å². The van der Waals surface area contributed by atoms with Crippen LogP contribution in [0.3, 0.4) is 0 Å². The normalized spacial score (nSPS) is 25.7. The van der Waals surface area contributed by atoms with Crippen LogP contribution in [0.5, 0.6) is 5.75 Å². The number of nitrogen functional groups attached to an aromatic ring is 1. The molecule has 0 bridgehead atoms. The van der Waals surface area contributed by atoms with Crippen molar-refractivity contribution in [1.82, 2.24) is 9.55 Å². The first kappa shape index (κ1) is 31.0. The van der Waals surface area contributed by atoms with E-state index in [9.17, 15) is 23.7 Å². The Bertz CT molecular complexity index is 1260. The average molecular weight is 590 g/mol. The maximum absolute atomic E-state index is 14.3. The van der Waals surface area contributed by atoms with Crippen molar-refractivity contribution in [3.63, 3.8) is 0 Å². The lowest BCUT2D eigenvalue weighted by Crippen LogP contribution is -2.51. The summed E-state index contributed by atoms with van der Waals surface area (Å²) in [6, 6.07) is 9.48. The third-order valence-electron chi connectivity index (χ3n) is 6.07. The molecule has 6 atom stereocenters. The van der Waals surface area contributed by atoms with Gasteiger partial charge in [-0.15, -0.1) is 11.6 Å². The molecule has 1 unspecified atom stereocenters. The highest BCUT2D eigenvalue weighted by atomic mass is 35.5. The van der Waals surface area contributed by atoms with Crippen LogP contribution < -0.4 is 15.9 Å². The summed E-state index contributed by atoms with van der Waals surface area (Å²) in [5.41, 5.74) is 3.04. The zero-order valence-corrected chi connectivity index (χ0v) is 24.0. The molecule has 14 heteroatoms. The molecule has 0 radical (unpaired) electrons. The second-order valence-electron chi connectivity index (χ2n) is 10.2. The van der Waals surface area contributed by atoms with Gasteiger partial charge in [-0.05, 0) is 45.9 Å². The molecule has 1 saturated heterocycles. The summed E-state index contributed by atoms with van der Waals surface area (Å²) in [6.07, 6.45) is -4.19. The molecule has 1 aliphatic heterocycles. The highest BCUT2D eigenvalue weighted by Gasteiger charge is 2.62. The maximum Gasteiger partial charge on any atom is 0.380 e. The molecule has 1 aromatic heterocycles. The Morgan fingerprint density at radius 2 is 1.95 bits per heavy atom. The lowest BCUT2D eigenvalue weighted by atomic mass is 9.91. The van der Waals surface area contributed by atoms with Crippen LogP contribution >= 0.6 is 19.2 Å². The van der Waals surface area contributed by atoms with Gasteiger partial charge in [0.1, 0.15) is 40.9 Å². The van der Waals surface area contributed by atoms with E-state index in [2.05, 4.69) is 4.98 Å². The second kappa shape index (κ2) is 11.9. The van der Waals surface area contributed by atoms with Crippen molar-refractivity contribution in [3.8, 4) is 5.75 Å². The number of nitrogens with zero attached hydrogens (tertiary/aromatic N) is 2. The van der Waals surface area contributed by atoms with Gasteiger partial charge in [0.25, 0.3) is 0 Å². The van der Waals surface area contributed by atoms with Crippen molar-refractivity contribution in [1.29, 1.82) is 0 Å². The number of carbonyl (C=O) groups is 1. The van der Waals surface area contributed by atoms with E-state index in [0.29, 0.717) is 0 Å². The molecule has 1 aliphatic rings.